The molecular formula is C16H24FNO3. The van der Waals surface area contributed by atoms with Gasteiger partial charge in [-0.05, 0) is 30.5 Å². The van der Waals surface area contributed by atoms with Crippen molar-refractivity contribution in [3.8, 4) is 0 Å². The van der Waals surface area contributed by atoms with Gasteiger partial charge in [0.15, 0.2) is 0 Å². The molecule has 1 aliphatic heterocycles. The molecule has 0 radical (unpaired) electrons. The first-order valence-corrected chi connectivity index (χ1v) is 7.55. The zero-order valence-electron chi connectivity index (χ0n) is 12.3. The Bertz CT molecular complexity index is 391. The third-order valence-electron chi connectivity index (χ3n) is 3.72. The predicted octanol–water partition coefficient (Wildman–Crippen LogP) is 1.82. The third kappa shape index (κ3) is 6.09. The van der Waals surface area contributed by atoms with E-state index in [9.17, 15) is 4.39 Å². The van der Waals surface area contributed by atoms with Gasteiger partial charge in [-0.2, -0.15) is 0 Å². The van der Waals surface area contributed by atoms with Crippen LogP contribution < -0.4 is 0 Å². The van der Waals surface area contributed by atoms with Gasteiger partial charge in [-0.15, -0.1) is 0 Å². The molecule has 1 saturated heterocycles. The zero-order valence-corrected chi connectivity index (χ0v) is 12.3. The number of hydrogen-bond acceptors (Lipinski definition) is 4. The van der Waals surface area contributed by atoms with Gasteiger partial charge < -0.3 is 19.5 Å². The van der Waals surface area contributed by atoms with Gasteiger partial charge in [0.05, 0.1) is 32.5 Å². The van der Waals surface area contributed by atoms with Gasteiger partial charge in [-0.25, -0.2) is 4.39 Å². The molecule has 2 rings (SSSR count). The van der Waals surface area contributed by atoms with Gasteiger partial charge in [-0.1, -0.05) is 12.1 Å². The van der Waals surface area contributed by atoms with E-state index < -0.39 is 0 Å². The van der Waals surface area contributed by atoms with Crippen LogP contribution in [0, 0.1) is 5.82 Å². The molecule has 0 spiro atoms. The number of rotatable bonds is 8. The number of hydrogen-bond donors (Lipinski definition) is 1. The van der Waals surface area contributed by atoms with Crippen molar-refractivity contribution in [2.24, 2.45) is 0 Å². The second-order valence-corrected chi connectivity index (χ2v) is 5.31. The van der Waals surface area contributed by atoms with Gasteiger partial charge in [0.2, 0.25) is 0 Å². The minimum Gasteiger partial charge on any atom is -0.394 e. The van der Waals surface area contributed by atoms with E-state index in [0.717, 1.165) is 38.0 Å². The summed E-state index contributed by atoms with van der Waals surface area (Å²) < 4.78 is 24.0. The van der Waals surface area contributed by atoms with Gasteiger partial charge in [0.1, 0.15) is 5.82 Å². The van der Waals surface area contributed by atoms with Crippen LogP contribution in [0.3, 0.4) is 0 Å². The molecule has 0 bridgehead atoms. The lowest BCUT2D eigenvalue weighted by molar-refractivity contribution is -0.00909. The number of piperidine rings is 1. The van der Waals surface area contributed by atoms with Crippen LogP contribution in [0.4, 0.5) is 4.39 Å². The summed E-state index contributed by atoms with van der Waals surface area (Å²) >= 11 is 0. The van der Waals surface area contributed by atoms with E-state index in [2.05, 4.69) is 4.90 Å². The smallest absolute Gasteiger partial charge is 0.123 e. The number of aliphatic hydroxyl groups excluding tert-OH is 1. The van der Waals surface area contributed by atoms with Crippen molar-refractivity contribution in [2.45, 2.75) is 25.6 Å². The fraction of sp³-hybridized carbons (Fsp3) is 0.625. The van der Waals surface area contributed by atoms with E-state index in [4.69, 9.17) is 14.6 Å². The average molecular weight is 297 g/mol. The molecule has 0 aromatic heterocycles. The van der Waals surface area contributed by atoms with E-state index in [1.54, 1.807) is 12.1 Å². The summed E-state index contributed by atoms with van der Waals surface area (Å²) in [5.41, 5.74) is 1.01. The molecule has 0 aliphatic carbocycles. The van der Waals surface area contributed by atoms with E-state index in [1.165, 1.54) is 12.1 Å². The summed E-state index contributed by atoms with van der Waals surface area (Å²) in [6.07, 6.45) is 2.31. The maximum Gasteiger partial charge on any atom is 0.123 e. The molecule has 1 N–H and O–H groups in total. The van der Waals surface area contributed by atoms with E-state index >= 15 is 0 Å². The fourth-order valence-corrected chi connectivity index (χ4v) is 2.45. The molecule has 1 aromatic carbocycles. The Kier molecular flexibility index (Phi) is 7.09. The van der Waals surface area contributed by atoms with Crippen molar-refractivity contribution in [3.63, 3.8) is 0 Å². The van der Waals surface area contributed by atoms with Gasteiger partial charge >= 0.3 is 0 Å². The summed E-state index contributed by atoms with van der Waals surface area (Å²) in [5.74, 6) is -0.213. The molecular weight excluding hydrogens is 273 g/mol. The highest BCUT2D eigenvalue weighted by molar-refractivity contribution is 5.14. The zero-order chi connectivity index (χ0) is 14.9. The molecule has 1 aliphatic rings. The molecule has 5 heteroatoms. The van der Waals surface area contributed by atoms with E-state index in [-0.39, 0.29) is 18.5 Å². The molecule has 1 fully saturated rings. The number of benzene rings is 1. The van der Waals surface area contributed by atoms with Gasteiger partial charge in [-0.3, -0.25) is 0 Å². The quantitative estimate of drug-likeness (QED) is 0.743. The summed E-state index contributed by atoms with van der Waals surface area (Å²) in [5, 5.41) is 8.63. The van der Waals surface area contributed by atoms with Crippen LogP contribution in [0.15, 0.2) is 24.3 Å². The van der Waals surface area contributed by atoms with Crippen LogP contribution in [0.2, 0.25) is 0 Å². The van der Waals surface area contributed by atoms with Crippen LogP contribution in [0.1, 0.15) is 18.4 Å². The van der Waals surface area contributed by atoms with Crippen LogP contribution in [-0.4, -0.2) is 55.6 Å². The molecule has 118 valence electrons. The minimum absolute atomic E-state index is 0.0826. The molecule has 0 unspecified atom stereocenters. The van der Waals surface area contributed by atoms with Crippen molar-refractivity contribution in [3.05, 3.63) is 35.6 Å². The highest BCUT2D eigenvalue weighted by atomic mass is 19.1. The molecule has 21 heavy (non-hydrogen) atoms. The Morgan fingerprint density at radius 1 is 1.14 bits per heavy atom. The van der Waals surface area contributed by atoms with Crippen LogP contribution >= 0.6 is 0 Å². The number of ether oxygens (including phenoxy) is 2. The molecule has 0 amide bonds. The first kappa shape index (κ1) is 16.4. The highest BCUT2D eigenvalue weighted by Crippen LogP contribution is 2.15. The lowest BCUT2D eigenvalue weighted by Gasteiger charge is -2.31. The molecule has 1 heterocycles. The van der Waals surface area contributed by atoms with E-state index in [0.29, 0.717) is 19.8 Å². The lowest BCUT2D eigenvalue weighted by atomic mass is 10.1. The molecule has 4 nitrogen and oxygen atoms in total. The van der Waals surface area contributed by atoms with Crippen LogP contribution in [-0.2, 0) is 16.1 Å². The Balaban J connectivity index is 1.59. The first-order chi connectivity index (χ1) is 10.3. The minimum atomic E-state index is -0.213. The topological polar surface area (TPSA) is 41.9 Å². The number of halogens is 1. The lowest BCUT2D eigenvalue weighted by Crippen LogP contribution is -2.38. The largest absolute Gasteiger partial charge is 0.394 e. The predicted molar refractivity (Wildman–Crippen MR) is 78.6 cm³/mol. The Hall–Kier alpha value is -1.01. The van der Waals surface area contributed by atoms with Crippen molar-refractivity contribution >= 4 is 0 Å². The number of likely N-dealkylation sites (tertiary alicyclic amines) is 1. The second-order valence-electron chi connectivity index (χ2n) is 5.31. The average Bonchev–Trinajstić information content (AvgIpc) is 2.52. The van der Waals surface area contributed by atoms with Crippen molar-refractivity contribution in [1.29, 1.82) is 0 Å². The fourth-order valence-electron chi connectivity index (χ4n) is 2.45. The van der Waals surface area contributed by atoms with Crippen molar-refractivity contribution in [1.82, 2.24) is 4.90 Å². The highest BCUT2D eigenvalue weighted by Gasteiger charge is 2.19. The SMILES string of the molecule is OCCOCCN1CCC(OCc2ccc(F)cc2)CC1. The maximum atomic E-state index is 12.8. The van der Waals surface area contributed by atoms with Crippen molar-refractivity contribution in [2.75, 3.05) is 39.5 Å². The van der Waals surface area contributed by atoms with Crippen molar-refractivity contribution < 1.29 is 19.0 Å². The number of aliphatic hydroxyl groups is 1. The van der Waals surface area contributed by atoms with Crippen LogP contribution in [0.25, 0.3) is 0 Å². The number of nitrogens with zero attached hydrogens (tertiary/aromatic N) is 1. The van der Waals surface area contributed by atoms with Gasteiger partial charge in [0, 0.05) is 19.6 Å². The summed E-state index contributed by atoms with van der Waals surface area (Å²) in [6.45, 7) is 4.64. The molecule has 1 aromatic rings. The molecule has 0 atom stereocenters. The summed E-state index contributed by atoms with van der Waals surface area (Å²) in [7, 11) is 0. The Morgan fingerprint density at radius 2 is 1.86 bits per heavy atom. The van der Waals surface area contributed by atoms with Gasteiger partial charge in [0.25, 0.3) is 0 Å². The molecule has 0 saturated carbocycles. The third-order valence-corrected chi connectivity index (χ3v) is 3.72. The second kappa shape index (κ2) is 9.10. The van der Waals surface area contributed by atoms with E-state index in [1.807, 2.05) is 0 Å². The standard InChI is InChI=1S/C16H24FNO3/c17-15-3-1-14(2-4-15)13-21-16-5-7-18(8-6-16)9-11-20-12-10-19/h1-4,16,19H,5-13H2. The first-order valence-electron chi connectivity index (χ1n) is 7.55. The summed E-state index contributed by atoms with van der Waals surface area (Å²) in [4.78, 5) is 2.36. The Labute approximate surface area is 125 Å². The maximum absolute atomic E-state index is 12.8. The Morgan fingerprint density at radius 3 is 2.52 bits per heavy atom. The van der Waals surface area contributed by atoms with Crippen LogP contribution in [0.5, 0.6) is 0 Å². The normalized spacial score (nSPS) is 17.2. The monoisotopic (exact) mass is 297 g/mol. The summed E-state index contributed by atoms with van der Waals surface area (Å²) in [6, 6.07) is 6.47.